The quantitative estimate of drug-likeness (QED) is 0.879. The average Bonchev–Trinajstić information content (AvgIpc) is 2.84. The SMILES string of the molecule is CN(Cc1ccccc1F)C(=O)NC1CCCC1. The maximum absolute atomic E-state index is 13.5. The van der Waals surface area contributed by atoms with E-state index >= 15 is 0 Å². The highest BCUT2D eigenvalue weighted by atomic mass is 19.1. The molecule has 0 aromatic heterocycles. The molecule has 1 aromatic rings. The molecule has 1 fully saturated rings. The predicted octanol–water partition coefficient (Wildman–Crippen LogP) is 2.91. The molecular formula is C14H19FN2O. The number of nitrogens with one attached hydrogen (secondary N) is 1. The van der Waals surface area contributed by atoms with Crippen LogP contribution in [0, 0.1) is 5.82 Å². The molecule has 1 aromatic carbocycles. The molecule has 98 valence electrons. The summed E-state index contributed by atoms with van der Waals surface area (Å²) in [6, 6.07) is 6.72. The van der Waals surface area contributed by atoms with Gasteiger partial charge in [-0.05, 0) is 18.9 Å². The minimum Gasteiger partial charge on any atom is -0.335 e. The molecule has 1 aliphatic rings. The lowest BCUT2D eigenvalue weighted by atomic mass is 10.2. The Morgan fingerprint density at radius 3 is 2.72 bits per heavy atom. The number of urea groups is 1. The fraction of sp³-hybridized carbons (Fsp3) is 0.500. The van der Waals surface area contributed by atoms with Crippen molar-refractivity contribution in [3.05, 3.63) is 35.6 Å². The Hall–Kier alpha value is -1.58. The maximum Gasteiger partial charge on any atom is 0.317 e. The highest BCUT2D eigenvalue weighted by Gasteiger charge is 2.19. The lowest BCUT2D eigenvalue weighted by Gasteiger charge is -2.21. The fourth-order valence-electron chi connectivity index (χ4n) is 2.31. The van der Waals surface area contributed by atoms with Gasteiger partial charge in [-0.25, -0.2) is 9.18 Å². The summed E-state index contributed by atoms with van der Waals surface area (Å²) >= 11 is 0. The van der Waals surface area contributed by atoms with Crippen molar-refractivity contribution in [2.45, 2.75) is 38.3 Å². The van der Waals surface area contributed by atoms with Crippen LogP contribution < -0.4 is 5.32 Å². The maximum atomic E-state index is 13.5. The normalized spacial score (nSPS) is 15.7. The van der Waals surface area contributed by atoms with Crippen LogP contribution in [-0.2, 0) is 6.54 Å². The molecule has 4 heteroatoms. The van der Waals surface area contributed by atoms with Gasteiger partial charge in [-0.1, -0.05) is 31.0 Å². The molecule has 1 N–H and O–H groups in total. The molecule has 1 aliphatic carbocycles. The fourth-order valence-corrected chi connectivity index (χ4v) is 2.31. The van der Waals surface area contributed by atoms with Gasteiger partial charge in [-0.15, -0.1) is 0 Å². The molecule has 0 saturated heterocycles. The van der Waals surface area contributed by atoms with Gasteiger partial charge in [0.25, 0.3) is 0 Å². The van der Waals surface area contributed by atoms with Gasteiger partial charge in [0.2, 0.25) is 0 Å². The molecule has 0 aliphatic heterocycles. The molecule has 1 saturated carbocycles. The number of hydrogen-bond acceptors (Lipinski definition) is 1. The zero-order valence-corrected chi connectivity index (χ0v) is 10.7. The van der Waals surface area contributed by atoms with Crippen LogP contribution >= 0.6 is 0 Å². The second-order valence-electron chi connectivity index (χ2n) is 4.88. The van der Waals surface area contributed by atoms with Crippen LogP contribution in [0.25, 0.3) is 0 Å². The minimum atomic E-state index is -0.266. The molecule has 0 spiro atoms. The molecule has 0 unspecified atom stereocenters. The number of amides is 2. The first-order valence-corrected chi connectivity index (χ1v) is 6.42. The van der Waals surface area contributed by atoms with E-state index in [9.17, 15) is 9.18 Å². The molecule has 2 amide bonds. The standard InChI is InChI=1S/C14H19FN2O/c1-17(10-11-6-2-5-9-13(11)15)14(18)16-12-7-3-4-8-12/h2,5-6,9,12H,3-4,7-8,10H2,1H3,(H,16,18). The Bertz CT molecular complexity index is 416. The Balaban J connectivity index is 1.89. The largest absolute Gasteiger partial charge is 0.335 e. The predicted molar refractivity (Wildman–Crippen MR) is 68.7 cm³/mol. The Labute approximate surface area is 107 Å². The van der Waals surface area contributed by atoms with Crippen molar-refractivity contribution in [1.29, 1.82) is 0 Å². The number of rotatable bonds is 3. The Morgan fingerprint density at radius 1 is 1.39 bits per heavy atom. The summed E-state index contributed by atoms with van der Waals surface area (Å²) in [6.45, 7) is 0.297. The first-order chi connectivity index (χ1) is 8.66. The Kier molecular flexibility index (Phi) is 4.18. The molecule has 18 heavy (non-hydrogen) atoms. The van der Waals surface area contributed by atoms with Crippen molar-refractivity contribution in [2.24, 2.45) is 0 Å². The van der Waals surface area contributed by atoms with Crippen molar-refractivity contribution < 1.29 is 9.18 Å². The van der Waals surface area contributed by atoms with Crippen molar-refractivity contribution in [1.82, 2.24) is 10.2 Å². The van der Waals surface area contributed by atoms with Gasteiger partial charge >= 0.3 is 6.03 Å². The van der Waals surface area contributed by atoms with E-state index in [1.165, 1.54) is 23.8 Å². The van der Waals surface area contributed by atoms with E-state index in [0.29, 0.717) is 18.2 Å². The molecule has 0 bridgehead atoms. The van der Waals surface area contributed by atoms with Crippen LogP contribution in [0.4, 0.5) is 9.18 Å². The third-order valence-corrected chi connectivity index (χ3v) is 3.39. The van der Waals surface area contributed by atoms with E-state index in [0.717, 1.165) is 12.8 Å². The van der Waals surface area contributed by atoms with Gasteiger partial charge in [-0.2, -0.15) is 0 Å². The number of carbonyl (C=O) groups is 1. The average molecular weight is 250 g/mol. The monoisotopic (exact) mass is 250 g/mol. The van der Waals surface area contributed by atoms with Gasteiger partial charge < -0.3 is 10.2 Å². The Morgan fingerprint density at radius 2 is 2.06 bits per heavy atom. The molecule has 0 atom stereocenters. The molecule has 3 nitrogen and oxygen atoms in total. The van der Waals surface area contributed by atoms with Gasteiger partial charge in [-0.3, -0.25) is 0 Å². The first kappa shape index (κ1) is 12.9. The van der Waals surface area contributed by atoms with Crippen LogP contribution in [0.2, 0.25) is 0 Å². The second-order valence-corrected chi connectivity index (χ2v) is 4.88. The van der Waals surface area contributed by atoms with Crippen LogP contribution in [0.15, 0.2) is 24.3 Å². The van der Waals surface area contributed by atoms with Gasteiger partial charge in [0.1, 0.15) is 5.82 Å². The third kappa shape index (κ3) is 3.22. The number of benzene rings is 1. The lowest BCUT2D eigenvalue weighted by molar-refractivity contribution is 0.202. The third-order valence-electron chi connectivity index (χ3n) is 3.39. The molecule has 2 rings (SSSR count). The van der Waals surface area contributed by atoms with Crippen molar-refractivity contribution >= 4 is 6.03 Å². The number of nitrogens with zero attached hydrogens (tertiary/aromatic N) is 1. The lowest BCUT2D eigenvalue weighted by Crippen LogP contribution is -2.41. The van der Waals surface area contributed by atoms with Gasteiger partial charge in [0.15, 0.2) is 0 Å². The van der Waals surface area contributed by atoms with Crippen molar-refractivity contribution in [3.63, 3.8) is 0 Å². The van der Waals surface area contributed by atoms with E-state index < -0.39 is 0 Å². The van der Waals surface area contributed by atoms with Gasteiger partial charge in [0, 0.05) is 25.2 Å². The summed E-state index contributed by atoms with van der Waals surface area (Å²) in [5.41, 5.74) is 0.543. The number of hydrogen-bond donors (Lipinski definition) is 1. The highest BCUT2D eigenvalue weighted by Crippen LogP contribution is 2.18. The van der Waals surface area contributed by atoms with Crippen LogP contribution in [0.1, 0.15) is 31.2 Å². The van der Waals surface area contributed by atoms with Crippen molar-refractivity contribution in [2.75, 3.05) is 7.05 Å². The topological polar surface area (TPSA) is 32.3 Å². The molecular weight excluding hydrogens is 231 g/mol. The zero-order chi connectivity index (χ0) is 13.0. The van der Waals surface area contributed by atoms with Crippen LogP contribution in [-0.4, -0.2) is 24.0 Å². The van der Waals surface area contributed by atoms with E-state index in [1.54, 1.807) is 25.2 Å². The van der Waals surface area contributed by atoms with Crippen LogP contribution in [0.3, 0.4) is 0 Å². The van der Waals surface area contributed by atoms with E-state index in [2.05, 4.69) is 5.32 Å². The molecule has 0 heterocycles. The summed E-state index contributed by atoms with van der Waals surface area (Å²) in [5, 5.41) is 2.98. The van der Waals surface area contributed by atoms with E-state index in [1.807, 2.05) is 0 Å². The molecule has 0 radical (unpaired) electrons. The van der Waals surface area contributed by atoms with Crippen LogP contribution in [0.5, 0.6) is 0 Å². The van der Waals surface area contributed by atoms with E-state index in [-0.39, 0.29) is 11.8 Å². The smallest absolute Gasteiger partial charge is 0.317 e. The summed E-state index contributed by atoms with van der Waals surface area (Å²) < 4.78 is 13.5. The highest BCUT2D eigenvalue weighted by molar-refractivity contribution is 5.74. The second kappa shape index (κ2) is 5.85. The zero-order valence-electron chi connectivity index (χ0n) is 10.7. The summed E-state index contributed by atoms with van der Waals surface area (Å²) in [7, 11) is 1.69. The van der Waals surface area contributed by atoms with Crippen molar-refractivity contribution in [3.8, 4) is 0 Å². The minimum absolute atomic E-state index is 0.120. The summed E-state index contributed by atoms with van der Waals surface area (Å²) in [4.78, 5) is 13.4. The first-order valence-electron chi connectivity index (χ1n) is 6.42. The summed E-state index contributed by atoms with van der Waals surface area (Å²) in [5.74, 6) is -0.266. The number of halogens is 1. The summed E-state index contributed by atoms with van der Waals surface area (Å²) in [6.07, 6.45) is 4.47. The van der Waals surface area contributed by atoms with E-state index in [4.69, 9.17) is 0 Å². The van der Waals surface area contributed by atoms with Gasteiger partial charge in [0.05, 0.1) is 0 Å². The number of carbonyl (C=O) groups excluding carboxylic acids is 1.